The van der Waals surface area contributed by atoms with E-state index in [4.69, 9.17) is 5.73 Å². The van der Waals surface area contributed by atoms with Gasteiger partial charge in [-0.15, -0.1) is 0 Å². The largest absolute Gasteiger partial charge is 0.383 e. The summed E-state index contributed by atoms with van der Waals surface area (Å²) in [4.78, 5) is 0. The Morgan fingerprint density at radius 2 is 2.11 bits per heavy atom. The topological polar surface area (TPSA) is 38.0 Å². The molecule has 0 saturated carbocycles. The Morgan fingerprint density at radius 1 is 1.33 bits per heavy atom. The Labute approximate surface area is 115 Å². The number of hydrogen-bond donors (Lipinski definition) is 3. The molecule has 1 unspecified atom stereocenters. The highest BCUT2D eigenvalue weighted by Crippen LogP contribution is 2.20. The summed E-state index contributed by atoms with van der Waals surface area (Å²) in [6, 6.07) is 4.91. The Balaban J connectivity index is 2.47. The van der Waals surface area contributed by atoms with Crippen LogP contribution in [0.3, 0.4) is 0 Å². The van der Waals surface area contributed by atoms with E-state index in [1.807, 2.05) is 6.07 Å². The predicted molar refractivity (Wildman–Crippen MR) is 79.8 cm³/mol. The number of nitrogens with one attached hydrogen (secondary N) is 1. The van der Waals surface area contributed by atoms with Gasteiger partial charge in [-0.25, -0.2) is 4.39 Å². The number of halogens is 1. The minimum Gasteiger partial charge on any atom is -0.383 e. The SMILES string of the molecule is CCCCCCNc1ccc(C(N)CS)cc1F. The van der Waals surface area contributed by atoms with Crippen LogP contribution in [0.25, 0.3) is 0 Å². The summed E-state index contributed by atoms with van der Waals surface area (Å²) in [7, 11) is 0. The lowest BCUT2D eigenvalue weighted by Crippen LogP contribution is -2.12. The van der Waals surface area contributed by atoms with Crippen LogP contribution in [0, 0.1) is 5.82 Å². The summed E-state index contributed by atoms with van der Waals surface area (Å²) in [6.45, 7) is 2.99. The van der Waals surface area contributed by atoms with Gasteiger partial charge in [0.25, 0.3) is 0 Å². The van der Waals surface area contributed by atoms with Crippen molar-refractivity contribution in [2.75, 3.05) is 17.6 Å². The second-order valence-corrected chi connectivity index (χ2v) is 4.88. The zero-order chi connectivity index (χ0) is 13.4. The van der Waals surface area contributed by atoms with Crippen LogP contribution in [-0.4, -0.2) is 12.3 Å². The van der Waals surface area contributed by atoms with E-state index in [1.54, 1.807) is 6.07 Å². The van der Waals surface area contributed by atoms with Crippen LogP contribution in [0.2, 0.25) is 0 Å². The fraction of sp³-hybridized carbons (Fsp3) is 0.571. The van der Waals surface area contributed by atoms with Crippen LogP contribution in [0.15, 0.2) is 18.2 Å². The molecule has 0 fully saturated rings. The van der Waals surface area contributed by atoms with Crippen LogP contribution in [0.1, 0.15) is 44.2 Å². The molecule has 1 atom stereocenters. The smallest absolute Gasteiger partial charge is 0.146 e. The first-order chi connectivity index (χ1) is 8.69. The second-order valence-electron chi connectivity index (χ2n) is 4.52. The van der Waals surface area contributed by atoms with Crippen LogP contribution in [0.5, 0.6) is 0 Å². The molecule has 0 radical (unpaired) electrons. The fourth-order valence-corrected chi connectivity index (χ4v) is 2.00. The number of thiol groups is 1. The maximum atomic E-state index is 13.8. The Kier molecular flexibility index (Phi) is 7.13. The van der Waals surface area contributed by atoms with Crippen molar-refractivity contribution in [3.05, 3.63) is 29.6 Å². The molecule has 0 heterocycles. The van der Waals surface area contributed by atoms with Crippen LogP contribution in [-0.2, 0) is 0 Å². The van der Waals surface area contributed by atoms with E-state index >= 15 is 0 Å². The lowest BCUT2D eigenvalue weighted by molar-refractivity contribution is 0.622. The lowest BCUT2D eigenvalue weighted by Gasteiger charge is -2.12. The minimum absolute atomic E-state index is 0.207. The fourth-order valence-electron chi connectivity index (χ4n) is 1.79. The van der Waals surface area contributed by atoms with E-state index in [0.29, 0.717) is 11.4 Å². The van der Waals surface area contributed by atoms with Gasteiger partial charge in [0.05, 0.1) is 5.69 Å². The number of rotatable bonds is 8. The standard InChI is InChI=1S/C14H23FN2S/c1-2-3-4-5-8-17-14-7-6-11(9-12(14)15)13(16)10-18/h6-7,9,13,17-18H,2-5,8,10,16H2,1H3. The van der Waals surface area contributed by atoms with Crippen molar-refractivity contribution in [2.24, 2.45) is 5.73 Å². The van der Waals surface area contributed by atoms with Gasteiger partial charge in [-0.1, -0.05) is 32.3 Å². The molecule has 0 amide bonds. The Hall–Kier alpha value is -0.740. The first-order valence-corrected chi connectivity index (χ1v) is 7.22. The van der Waals surface area contributed by atoms with Gasteiger partial charge < -0.3 is 11.1 Å². The second kappa shape index (κ2) is 8.38. The molecule has 18 heavy (non-hydrogen) atoms. The average molecular weight is 270 g/mol. The van der Waals surface area contributed by atoms with Crippen LogP contribution in [0.4, 0.5) is 10.1 Å². The summed E-state index contributed by atoms with van der Waals surface area (Å²) in [5, 5.41) is 3.12. The van der Waals surface area contributed by atoms with Gasteiger partial charge in [0.1, 0.15) is 5.82 Å². The Morgan fingerprint density at radius 3 is 2.72 bits per heavy atom. The molecular weight excluding hydrogens is 247 g/mol. The zero-order valence-corrected chi connectivity index (χ0v) is 11.8. The summed E-state index contributed by atoms with van der Waals surface area (Å²) in [5.41, 5.74) is 7.15. The molecule has 0 aliphatic carbocycles. The van der Waals surface area contributed by atoms with E-state index in [1.165, 1.54) is 25.3 Å². The van der Waals surface area contributed by atoms with Gasteiger partial charge in [-0.3, -0.25) is 0 Å². The number of anilines is 1. The van der Waals surface area contributed by atoms with Crippen molar-refractivity contribution in [2.45, 2.75) is 38.6 Å². The van der Waals surface area contributed by atoms with E-state index in [9.17, 15) is 4.39 Å². The number of hydrogen-bond acceptors (Lipinski definition) is 3. The molecule has 1 rings (SSSR count). The summed E-state index contributed by atoms with van der Waals surface area (Å²) < 4.78 is 13.8. The maximum absolute atomic E-state index is 13.8. The molecule has 102 valence electrons. The van der Waals surface area contributed by atoms with Crippen molar-refractivity contribution < 1.29 is 4.39 Å². The maximum Gasteiger partial charge on any atom is 0.146 e. The molecule has 0 spiro atoms. The molecule has 1 aromatic carbocycles. The molecule has 1 aromatic rings. The van der Waals surface area contributed by atoms with E-state index in [0.717, 1.165) is 18.5 Å². The lowest BCUT2D eigenvalue weighted by atomic mass is 10.1. The summed E-state index contributed by atoms with van der Waals surface area (Å²) in [6.07, 6.45) is 4.71. The molecule has 0 bridgehead atoms. The van der Waals surface area contributed by atoms with Gasteiger partial charge in [0.15, 0.2) is 0 Å². The van der Waals surface area contributed by atoms with Gasteiger partial charge in [0.2, 0.25) is 0 Å². The van der Waals surface area contributed by atoms with E-state index in [2.05, 4.69) is 24.9 Å². The highest BCUT2D eigenvalue weighted by Gasteiger charge is 2.07. The summed E-state index contributed by atoms with van der Waals surface area (Å²) in [5.74, 6) is 0.281. The first kappa shape index (κ1) is 15.3. The number of benzene rings is 1. The molecule has 3 N–H and O–H groups in total. The highest BCUT2D eigenvalue weighted by molar-refractivity contribution is 7.80. The number of unbranched alkanes of at least 4 members (excludes halogenated alkanes) is 3. The molecular formula is C14H23FN2S. The van der Waals surface area contributed by atoms with Crippen molar-refractivity contribution >= 4 is 18.3 Å². The third kappa shape index (κ3) is 4.86. The predicted octanol–water partition coefficient (Wildman–Crippen LogP) is 3.75. The molecule has 0 aromatic heterocycles. The quantitative estimate of drug-likeness (QED) is 0.497. The van der Waals surface area contributed by atoms with E-state index < -0.39 is 0 Å². The Bertz CT molecular complexity index is 358. The van der Waals surface area contributed by atoms with Gasteiger partial charge in [0, 0.05) is 18.3 Å². The molecule has 4 heteroatoms. The third-order valence-electron chi connectivity index (χ3n) is 2.96. The van der Waals surface area contributed by atoms with Crippen molar-refractivity contribution in [1.29, 1.82) is 0 Å². The molecule has 0 aliphatic heterocycles. The molecule has 2 nitrogen and oxygen atoms in total. The number of nitrogens with two attached hydrogens (primary N) is 1. The van der Waals surface area contributed by atoms with Crippen molar-refractivity contribution in [3.8, 4) is 0 Å². The van der Waals surface area contributed by atoms with Crippen LogP contribution >= 0.6 is 12.6 Å². The third-order valence-corrected chi connectivity index (χ3v) is 3.36. The molecule has 0 aliphatic rings. The van der Waals surface area contributed by atoms with Gasteiger partial charge in [-0.05, 0) is 24.1 Å². The van der Waals surface area contributed by atoms with Gasteiger partial charge >= 0.3 is 0 Å². The minimum atomic E-state index is -0.236. The highest BCUT2D eigenvalue weighted by atomic mass is 32.1. The van der Waals surface area contributed by atoms with E-state index in [-0.39, 0.29) is 11.9 Å². The summed E-state index contributed by atoms with van der Waals surface area (Å²) >= 11 is 4.11. The van der Waals surface area contributed by atoms with Crippen LogP contribution < -0.4 is 11.1 Å². The normalized spacial score (nSPS) is 12.4. The van der Waals surface area contributed by atoms with Crippen molar-refractivity contribution in [1.82, 2.24) is 0 Å². The monoisotopic (exact) mass is 270 g/mol. The van der Waals surface area contributed by atoms with Crippen molar-refractivity contribution in [3.63, 3.8) is 0 Å². The first-order valence-electron chi connectivity index (χ1n) is 6.58. The zero-order valence-electron chi connectivity index (χ0n) is 11.0. The van der Waals surface area contributed by atoms with Gasteiger partial charge in [-0.2, -0.15) is 12.6 Å². The molecule has 0 saturated heterocycles. The average Bonchev–Trinajstić information content (AvgIpc) is 2.39.